The van der Waals surface area contributed by atoms with Crippen LogP contribution in [0.15, 0.2) is 66.5 Å². The summed E-state index contributed by atoms with van der Waals surface area (Å²) in [4.78, 5) is 15.8. The lowest BCUT2D eigenvalue weighted by atomic mass is 10.1. The van der Waals surface area contributed by atoms with Crippen LogP contribution < -0.4 is 0 Å². The van der Waals surface area contributed by atoms with Gasteiger partial charge in [-0.15, -0.1) is 0 Å². The van der Waals surface area contributed by atoms with Crippen molar-refractivity contribution in [1.29, 1.82) is 0 Å². The van der Waals surface area contributed by atoms with Crippen molar-refractivity contribution in [2.45, 2.75) is 0 Å². The van der Waals surface area contributed by atoms with E-state index in [1.807, 2.05) is 66.9 Å². The van der Waals surface area contributed by atoms with Crippen molar-refractivity contribution in [1.82, 2.24) is 19.6 Å². The molecule has 0 atom stereocenters. The average molecular weight is 409 g/mol. The zero-order valence-corrected chi connectivity index (χ0v) is 16.9. The normalized spacial score (nSPS) is 15.8. The molecule has 0 spiro atoms. The molecule has 2 heterocycles. The van der Waals surface area contributed by atoms with Gasteiger partial charge in [-0.3, -0.25) is 9.69 Å². The number of rotatable bonds is 3. The predicted molar refractivity (Wildman–Crippen MR) is 115 cm³/mol. The molecule has 0 N–H and O–H groups in total. The van der Waals surface area contributed by atoms with E-state index in [-0.39, 0.29) is 5.91 Å². The molecule has 5 nitrogen and oxygen atoms in total. The van der Waals surface area contributed by atoms with Gasteiger partial charge in [-0.2, -0.15) is 5.10 Å². The van der Waals surface area contributed by atoms with Gasteiger partial charge in [0.15, 0.2) is 5.11 Å². The number of likely N-dealkylation sites (N-methyl/N-ethyl adjacent to an activating group) is 2. The maximum atomic E-state index is 12.6. The first-order valence-corrected chi connectivity index (χ1v) is 9.43. The number of para-hydroxylation sites is 1. The molecule has 1 saturated heterocycles. The van der Waals surface area contributed by atoms with E-state index in [9.17, 15) is 4.79 Å². The molecule has 0 aliphatic carbocycles. The molecule has 0 radical (unpaired) electrons. The quantitative estimate of drug-likeness (QED) is 0.480. The van der Waals surface area contributed by atoms with E-state index in [1.54, 1.807) is 23.7 Å². The fourth-order valence-electron chi connectivity index (χ4n) is 3.07. The van der Waals surface area contributed by atoms with Crippen LogP contribution in [0.5, 0.6) is 0 Å². The van der Waals surface area contributed by atoms with Crippen LogP contribution in [0.2, 0.25) is 5.02 Å². The topological polar surface area (TPSA) is 41.4 Å². The first-order valence-electron chi connectivity index (χ1n) is 8.64. The van der Waals surface area contributed by atoms with Crippen molar-refractivity contribution in [3.63, 3.8) is 0 Å². The minimum Gasteiger partial charge on any atom is -0.317 e. The van der Waals surface area contributed by atoms with Crippen molar-refractivity contribution in [2.24, 2.45) is 0 Å². The molecular weight excluding hydrogens is 392 g/mol. The van der Waals surface area contributed by atoms with Gasteiger partial charge in [0.2, 0.25) is 0 Å². The molecule has 7 heteroatoms. The van der Waals surface area contributed by atoms with E-state index in [2.05, 4.69) is 0 Å². The van der Waals surface area contributed by atoms with Crippen molar-refractivity contribution in [3.8, 4) is 16.9 Å². The van der Waals surface area contributed by atoms with Gasteiger partial charge in [-0.05, 0) is 42.6 Å². The third-order valence-corrected chi connectivity index (χ3v) is 5.43. The number of aromatic nitrogens is 2. The molecule has 1 aliphatic rings. The summed E-state index contributed by atoms with van der Waals surface area (Å²) in [5.74, 6) is -0.137. The third-order valence-electron chi connectivity index (χ3n) is 4.63. The smallest absolute Gasteiger partial charge is 0.276 e. The highest BCUT2D eigenvalue weighted by Crippen LogP contribution is 2.29. The Labute approximate surface area is 173 Å². The summed E-state index contributed by atoms with van der Waals surface area (Å²) in [7, 11) is 3.47. The molecule has 140 valence electrons. The van der Waals surface area contributed by atoms with E-state index < -0.39 is 0 Å². The van der Waals surface area contributed by atoms with Gasteiger partial charge < -0.3 is 4.90 Å². The Kier molecular flexibility index (Phi) is 4.75. The number of benzene rings is 2. The number of hydrogen-bond acceptors (Lipinski definition) is 3. The number of amides is 1. The zero-order valence-electron chi connectivity index (χ0n) is 15.3. The fourth-order valence-corrected chi connectivity index (χ4v) is 3.38. The molecule has 1 aliphatic heterocycles. The van der Waals surface area contributed by atoms with Crippen molar-refractivity contribution < 1.29 is 4.79 Å². The Bertz CT molecular complexity index is 1090. The Hall–Kier alpha value is -2.96. The van der Waals surface area contributed by atoms with Gasteiger partial charge >= 0.3 is 0 Å². The average Bonchev–Trinajstić information content (AvgIpc) is 3.21. The minimum absolute atomic E-state index is 0.137. The summed E-state index contributed by atoms with van der Waals surface area (Å²) in [5.41, 5.74) is 3.93. The number of carbonyl (C=O) groups is 1. The van der Waals surface area contributed by atoms with Crippen LogP contribution in [0, 0.1) is 0 Å². The molecule has 1 amide bonds. The first-order chi connectivity index (χ1) is 13.5. The van der Waals surface area contributed by atoms with Gasteiger partial charge in [0, 0.05) is 36.4 Å². The van der Waals surface area contributed by atoms with E-state index in [0.717, 1.165) is 22.5 Å². The van der Waals surface area contributed by atoms with E-state index in [4.69, 9.17) is 28.9 Å². The van der Waals surface area contributed by atoms with Crippen LogP contribution in [0.3, 0.4) is 0 Å². The number of hydrogen-bond donors (Lipinski definition) is 0. The van der Waals surface area contributed by atoms with Gasteiger partial charge in [0.25, 0.3) is 5.91 Å². The molecule has 0 unspecified atom stereocenters. The molecule has 3 aromatic rings. The SMILES string of the molecule is CN1C(=O)C(=Cc2cn(-c3ccccc3)nc2-c2ccc(Cl)cc2)N(C)C1=S. The van der Waals surface area contributed by atoms with Crippen molar-refractivity contribution >= 4 is 40.9 Å². The largest absolute Gasteiger partial charge is 0.317 e. The monoisotopic (exact) mass is 408 g/mol. The maximum absolute atomic E-state index is 12.6. The van der Waals surface area contributed by atoms with E-state index >= 15 is 0 Å². The third kappa shape index (κ3) is 3.21. The number of halogens is 1. The lowest BCUT2D eigenvalue weighted by Gasteiger charge is -2.11. The Morgan fingerprint density at radius 1 is 1.00 bits per heavy atom. The lowest BCUT2D eigenvalue weighted by molar-refractivity contribution is -0.121. The van der Waals surface area contributed by atoms with Crippen molar-refractivity contribution in [3.05, 3.63) is 77.1 Å². The molecule has 0 saturated carbocycles. The van der Waals surface area contributed by atoms with Gasteiger partial charge in [-0.1, -0.05) is 41.9 Å². The second-order valence-corrected chi connectivity index (χ2v) is 7.26. The Morgan fingerprint density at radius 2 is 1.68 bits per heavy atom. The minimum atomic E-state index is -0.137. The summed E-state index contributed by atoms with van der Waals surface area (Å²) in [6, 6.07) is 17.3. The molecule has 1 fully saturated rings. The second kappa shape index (κ2) is 7.22. The summed E-state index contributed by atoms with van der Waals surface area (Å²) in [6.07, 6.45) is 3.74. The fraction of sp³-hybridized carbons (Fsp3) is 0.0952. The number of thiocarbonyl (C=S) groups is 1. The Balaban J connectivity index is 1.87. The number of carbonyl (C=O) groups excluding carboxylic acids is 1. The summed E-state index contributed by atoms with van der Waals surface area (Å²) in [6.45, 7) is 0. The van der Waals surface area contributed by atoms with Crippen LogP contribution >= 0.6 is 23.8 Å². The molecule has 1 aromatic heterocycles. The molecule has 0 bridgehead atoms. The van der Waals surface area contributed by atoms with Crippen molar-refractivity contribution in [2.75, 3.05) is 14.1 Å². The summed E-state index contributed by atoms with van der Waals surface area (Å²) < 4.78 is 1.80. The first kappa shape index (κ1) is 18.4. The molecule has 2 aromatic carbocycles. The van der Waals surface area contributed by atoms with Gasteiger partial charge in [0.05, 0.1) is 5.69 Å². The standard InChI is InChI=1S/C21H17ClN4OS/c1-24-18(20(27)25(2)21(24)28)12-15-13-26(17-6-4-3-5-7-17)23-19(15)14-8-10-16(22)11-9-14/h3-13H,1-2H3. The predicted octanol–water partition coefficient (Wildman–Crippen LogP) is 4.22. The van der Waals surface area contributed by atoms with Crippen LogP contribution in [0.1, 0.15) is 5.56 Å². The second-order valence-electron chi connectivity index (χ2n) is 6.46. The summed E-state index contributed by atoms with van der Waals surface area (Å²) in [5, 5.41) is 5.89. The van der Waals surface area contributed by atoms with Crippen LogP contribution in [-0.2, 0) is 4.79 Å². The highest BCUT2D eigenvalue weighted by Gasteiger charge is 2.33. The van der Waals surface area contributed by atoms with Crippen LogP contribution in [-0.4, -0.2) is 44.7 Å². The van der Waals surface area contributed by atoms with E-state index in [0.29, 0.717) is 15.8 Å². The molecule has 28 heavy (non-hydrogen) atoms. The van der Waals surface area contributed by atoms with Crippen LogP contribution in [0.4, 0.5) is 0 Å². The zero-order chi connectivity index (χ0) is 19.8. The lowest BCUT2D eigenvalue weighted by Crippen LogP contribution is -2.26. The summed E-state index contributed by atoms with van der Waals surface area (Å²) >= 11 is 11.4. The number of nitrogens with zero attached hydrogens (tertiary/aromatic N) is 4. The Morgan fingerprint density at radius 3 is 2.29 bits per heavy atom. The molecular formula is C21H17ClN4OS. The van der Waals surface area contributed by atoms with E-state index in [1.165, 1.54) is 4.90 Å². The van der Waals surface area contributed by atoms with Crippen LogP contribution in [0.25, 0.3) is 23.0 Å². The molecule has 4 rings (SSSR count). The highest BCUT2D eigenvalue weighted by molar-refractivity contribution is 7.80. The van der Waals surface area contributed by atoms with Gasteiger partial charge in [-0.25, -0.2) is 4.68 Å². The van der Waals surface area contributed by atoms with Gasteiger partial charge in [0.1, 0.15) is 11.4 Å². The maximum Gasteiger partial charge on any atom is 0.276 e. The highest BCUT2D eigenvalue weighted by atomic mass is 35.5.